The molecule has 2 heterocycles. The Labute approximate surface area is 150 Å². The number of rotatable bonds is 6. The average Bonchev–Trinajstić information content (AvgIpc) is 2.63. The normalized spacial score (nSPS) is 14.6. The minimum absolute atomic E-state index is 0.783. The summed E-state index contributed by atoms with van der Waals surface area (Å²) in [5, 5.41) is 3.49. The number of methoxy groups -OCH3 is 1. The van der Waals surface area contributed by atoms with Crippen molar-refractivity contribution in [1.82, 2.24) is 10.3 Å². The van der Waals surface area contributed by atoms with E-state index in [1.54, 1.807) is 7.11 Å². The minimum atomic E-state index is 0.783. The SMILES string of the molecule is COc1c(C)cc(CNCc2ccc(N3CCOCC3)nc2)cc1C. The van der Waals surface area contributed by atoms with Crippen LogP contribution < -0.4 is 15.0 Å². The van der Waals surface area contributed by atoms with Gasteiger partial charge < -0.3 is 19.7 Å². The van der Waals surface area contributed by atoms with Crippen LogP contribution in [0.1, 0.15) is 22.3 Å². The maximum Gasteiger partial charge on any atom is 0.128 e. The lowest BCUT2D eigenvalue weighted by molar-refractivity contribution is 0.122. The molecule has 1 aromatic carbocycles. The zero-order chi connectivity index (χ0) is 17.6. The number of hydrogen-bond acceptors (Lipinski definition) is 5. The van der Waals surface area contributed by atoms with Gasteiger partial charge in [-0.2, -0.15) is 0 Å². The number of aromatic nitrogens is 1. The second-order valence-electron chi connectivity index (χ2n) is 6.49. The van der Waals surface area contributed by atoms with Crippen LogP contribution in [0.25, 0.3) is 0 Å². The Morgan fingerprint density at radius 1 is 1.08 bits per heavy atom. The molecule has 1 fully saturated rings. The summed E-state index contributed by atoms with van der Waals surface area (Å²) in [5.74, 6) is 2.01. The highest BCUT2D eigenvalue weighted by atomic mass is 16.5. The van der Waals surface area contributed by atoms with Gasteiger partial charge in [-0.3, -0.25) is 0 Å². The van der Waals surface area contributed by atoms with E-state index in [2.05, 4.69) is 53.3 Å². The molecule has 0 radical (unpaired) electrons. The van der Waals surface area contributed by atoms with E-state index in [1.807, 2.05) is 6.20 Å². The largest absolute Gasteiger partial charge is 0.496 e. The number of pyridine rings is 1. The van der Waals surface area contributed by atoms with Crippen molar-refractivity contribution in [2.24, 2.45) is 0 Å². The molecule has 0 amide bonds. The van der Waals surface area contributed by atoms with Crippen LogP contribution in [-0.2, 0) is 17.8 Å². The molecule has 0 bridgehead atoms. The third-order valence-electron chi connectivity index (χ3n) is 4.53. The summed E-state index contributed by atoms with van der Waals surface area (Å²) in [6, 6.07) is 8.61. The van der Waals surface area contributed by atoms with E-state index in [4.69, 9.17) is 9.47 Å². The highest BCUT2D eigenvalue weighted by molar-refractivity contribution is 5.43. The van der Waals surface area contributed by atoms with Gasteiger partial charge in [0.1, 0.15) is 11.6 Å². The van der Waals surface area contributed by atoms with Crippen LogP contribution in [0.2, 0.25) is 0 Å². The molecular formula is C20H27N3O2. The standard InChI is InChI=1S/C20H27N3O2/c1-15-10-18(11-16(2)20(15)24-3)13-21-12-17-4-5-19(22-14-17)23-6-8-25-9-7-23/h4-5,10-11,14,21H,6-9,12-13H2,1-3H3. The van der Waals surface area contributed by atoms with Gasteiger partial charge in [0.15, 0.2) is 0 Å². The van der Waals surface area contributed by atoms with Gasteiger partial charge in [-0.15, -0.1) is 0 Å². The number of hydrogen-bond donors (Lipinski definition) is 1. The molecule has 1 saturated heterocycles. The average molecular weight is 341 g/mol. The first-order valence-electron chi connectivity index (χ1n) is 8.80. The molecule has 0 saturated carbocycles. The van der Waals surface area contributed by atoms with Gasteiger partial charge in [-0.1, -0.05) is 18.2 Å². The molecule has 2 aromatic rings. The number of benzene rings is 1. The molecule has 0 aliphatic carbocycles. The topological polar surface area (TPSA) is 46.6 Å². The summed E-state index contributed by atoms with van der Waals surface area (Å²) in [5.41, 5.74) is 4.82. The molecule has 0 unspecified atom stereocenters. The molecule has 25 heavy (non-hydrogen) atoms. The van der Waals surface area contributed by atoms with Crippen molar-refractivity contribution in [2.75, 3.05) is 38.3 Å². The maximum atomic E-state index is 5.43. The lowest BCUT2D eigenvalue weighted by Gasteiger charge is -2.27. The molecule has 1 aromatic heterocycles. The van der Waals surface area contributed by atoms with Crippen LogP contribution >= 0.6 is 0 Å². The Morgan fingerprint density at radius 3 is 2.36 bits per heavy atom. The summed E-state index contributed by atoms with van der Waals surface area (Å²) in [4.78, 5) is 6.86. The Morgan fingerprint density at radius 2 is 1.76 bits per heavy atom. The van der Waals surface area contributed by atoms with Crippen molar-refractivity contribution >= 4 is 5.82 Å². The number of nitrogens with zero attached hydrogens (tertiary/aromatic N) is 2. The Bertz CT molecular complexity index is 672. The van der Waals surface area contributed by atoms with Gasteiger partial charge in [0, 0.05) is 32.4 Å². The quantitative estimate of drug-likeness (QED) is 0.875. The molecule has 5 heteroatoms. The van der Waals surface area contributed by atoms with Crippen LogP contribution in [0.3, 0.4) is 0 Å². The lowest BCUT2D eigenvalue weighted by Crippen LogP contribution is -2.36. The fourth-order valence-electron chi connectivity index (χ4n) is 3.32. The lowest BCUT2D eigenvalue weighted by atomic mass is 10.1. The van der Waals surface area contributed by atoms with Gasteiger partial charge in [0.2, 0.25) is 0 Å². The van der Waals surface area contributed by atoms with Crippen molar-refractivity contribution in [2.45, 2.75) is 26.9 Å². The summed E-state index contributed by atoms with van der Waals surface area (Å²) in [6.45, 7) is 9.21. The van der Waals surface area contributed by atoms with Crippen molar-refractivity contribution in [3.05, 3.63) is 52.7 Å². The van der Waals surface area contributed by atoms with Gasteiger partial charge >= 0.3 is 0 Å². The zero-order valence-electron chi connectivity index (χ0n) is 15.3. The predicted octanol–water partition coefficient (Wildman–Crippen LogP) is 2.83. The molecule has 5 nitrogen and oxygen atoms in total. The van der Waals surface area contributed by atoms with Crippen molar-refractivity contribution in [1.29, 1.82) is 0 Å². The Balaban J connectivity index is 1.53. The van der Waals surface area contributed by atoms with Crippen LogP contribution in [0.5, 0.6) is 5.75 Å². The first-order valence-corrected chi connectivity index (χ1v) is 8.80. The van der Waals surface area contributed by atoms with Crippen molar-refractivity contribution < 1.29 is 9.47 Å². The molecule has 3 rings (SSSR count). The van der Waals surface area contributed by atoms with E-state index in [9.17, 15) is 0 Å². The molecule has 134 valence electrons. The van der Waals surface area contributed by atoms with E-state index in [-0.39, 0.29) is 0 Å². The second-order valence-corrected chi connectivity index (χ2v) is 6.49. The summed E-state index contributed by atoms with van der Waals surface area (Å²) in [7, 11) is 1.72. The van der Waals surface area contributed by atoms with Crippen molar-refractivity contribution in [3.63, 3.8) is 0 Å². The maximum absolute atomic E-state index is 5.43. The number of nitrogens with one attached hydrogen (secondary N) is 1. The zero-order valence-corrected chi connectivity index (χ0v) is 15.3. The molecule has 0 atom stereocenters. The Hall–Kier alpha value is -2.11. The molecule has 1 aliphatic heterocycles. The van der Waals surface area contributed by atoms with E-state index in [0.29, 0.717) is 0 Å². The highest BCUT2D eigenvalue weighted by Gasteiger charge is 2.12. The van der Waals surface area contributed by atoms with E-state index in [0.717, 1.165) is 51.0 Å². The fraction of sp³-hybridized carbons (Fsp3) is 0.450. The molecule has 1 N–H and O–H groups in total. The molecule has 1 aliphatic rings. The van der Waals surface area contributed by atoms with Gasteiger partial charge in [-0.25, -0.2) is 4.98 Å². The predicted molar refractivity (Wildman–Crippen MR) is 100 cm³/mol. The smallest absolute Gasteiger partial charge is 0.128 e. The van der Waals surface area contributed by atoms with E-state index in [1.165, 1.54) is 22.3 Å². The third kappa shape index (κ3) is 4.50. The Kier molecular flexibility index (Phi) is 5.89. The number of morpholine rings is 1. The second kappa shape index (κ2) is 8.32. The van der Waals surface area contributed by atoms with Crippen molar-refractivity contribution in [3.8, 4) is 5.75 Å². The summed E-state index contributed by atoms with van der Waals surface area (Å²) >= 11 is 0. The first kappa shape index (κ1) is 17.7. The van der Waals surface area contributed by atoms with Gasteiger partial charge in [0.25, 0.3) is 0 Å². The van der Waals surface area contributed by atoms with E-state index >= 15 is 0 Å². The summed E-state index contributed by atoms with van der Waals surface area (Å²) in [6.07, 6.45) is 1.96. The summed E-state index contributed by atoms with van der Waals surface area (Å²) < 4.78 is 10.8. The van der Waals surface area contributed by atoms with Crippen LogP contribution in [0.4, 0.5) is 5.82 Å². The van der Waals surface area contributed by atoms with Gasteiger partial charge in [-0.05, 0) is 42.2 Å². The highest BCUT2D eigenvalue weighted by Crippen LogP contribution is 2.24. The van der Waals surface area contributed by atoms with Crippen LogP contribution in [-0.4, -0.2) is 38.4 Å². The fourth-order valence-corrected chi connectivity index (χ4v) is 3.32. The third-order valence-corrected chi connectivity index (χ3v) is 4.53. The van der Waals surface area contributed by atoms with Crippen LogP contribution in [0, 0.1) is 13.8 Å². The first-order chi connectivity index (χ1) is 12.2. The molecular weight excluding hydrogens is 314 g/mol. The van der Waals surface area contributed by atoms with E-state index < -0.39 is 0 Å². The molecule has 0 spiro atoms. The number of anilines is 1. The monoisotopic (exact) mass is 341 g/mol. The van der Waals surface area contributed by atoms with Crippen LogP contribution in [0.15, 0.2) is 30.5 Å². The minimum Gasteiger partial charge on any atom is -0.496 e. The number of aryl methyl sites for hydroxylation is 2. The number of ether oxygens (including phenoxy) is 2. The van der Waals surface area contributed by atoms with Gasteiger partial charge in [0.05, 0.1) is 20.3 Å².